The molecule has 146 valence electrons. The minimum atomic E-state index is -0.135. The van der Waals surface area contributed by atoms with Gasteiger partial charge in [0.1, 0.15) is 0 Å². The second-order valence-electron chi connectivity index (χ2n) is 7.98. The van der Waals surface area contributed by atoms with Crippen LogP contribution in [0.5, 0.6) is 0 Å². The Bertz CT molecular complexity index is 872. The molecule has 1 fully saturated rings. The zero-order valence-electron chi connectivity index (χ0n) is 16.4. The quantitative estimate of drug-likeness (QED) is 0.818. The van der Waals surface area contributed by atoms with E-state index in [4.69, 9.17) is 0 Å². The molecule has 1 saturated carbocycles. The van der Waals surface area contributed by atoms with Crippen LogP contribution >= 0.6 is 0 Å². The van der Waals surface area contributed by atoms with Crippen LogP contribution in [0.25, 0.3) is 0 Å². The van der Waals surface area contributed by atoms with Crippen LogP contribution in [-0.4, -0.2) is 28.9 Å². The molecule has 1 atom stereocenters. The van der Waals surface area contributed by atoms with Crippen molar-refractivity contribution < 1.29 is 9.59 Å². The number of rotatable bonds is 3. The summed E-state index contributed by atoms with van der Waals surface area (Å²) in [6, 6.07) is 9.98. The topological polar surface area (TPSA) is 62.3 Å². The predicted octanol–water partition coefficient (Wildman–Crippen LogP) is 4.13. The molecular formula is C23H27N3O2. The van der Waals surface area contributed by atoms with Crippen LogP contribution in [0.3, 0.4) is 0 Å². The van der Waals surface area contributed by atoms with E-state index in [1.165, 1.54) is 18.4 Å². The van der Waals surface area contributed by atoms with E-state index in [0.29, 0.717) is 11.1 Å². The Morgan fingerprint density at radius 1 is 1.04 bits per heavy atom. The van der Waals surface area contributed by atoms with E-state index in [1.54, 1.807) is 18.5 Å². The van der Waals surface area contributed by atoms with Gasteiger partial charge in [0.2, 0.25) is 0 Å². The smallest absolute Gasteiger partial charge is 0.260 e. The van der Waals surface area contributed by atoms with Gasteiger partial charge in [0.25, 0.3) is 11.8 Å². The number of pyridine rings is 1. The van der Waals surface area contributed by atoms with E-state index in [2.05, 4.69) is 16.4 Å². The van der Waals surface area contributed by atoms with Crippen LogP contribution in [0.15, 0.2) is 42.7 Å². The Morgan fingerprint density at radius 3 is 2.54 bits per heavy atom. The molecule has 0 saturated heterocycles. The maximum Gasteiger partial charge on any atom is 0.260 e. The molecule has 1 aliphatic carbocycles. The highest BCUT2D eigenvalue weighted by Gasteiger charge is 2.31. The zero-order valence-corrected chi connectivity index (χ0v) is 16.4. The van der Waals surface area contributed by atoms with Gasteiger partial charge < -0.3 is 10.2 Å². The van der Waals surface area contributed by atoms with Gasteiger partial charge in [-0.2, -0.15) is 0 Å². The van der Waals surface area contributed by atoms with E-state index in [1.807, 2.05) is 30.0 Å². The van der Waals surface area contributed by atoms with Crippen molar-refractivity contribution in [1.82, 2.24) is 10.3 Å². The molecule has 5 nitrogen and oxygen atoms in total. The van der Waals surface area contributed by atoms with Gasteiger partial charge in [-0.25, -0.2) is 0 Å². The van der Waals surface area contributed by atoms with Crippen LogP contribution in [-0.2, 0) is 6.42 Å². The lowest BCUT2D eigenvalue weighted by Gasteiger charge is -2.23. The van der Waals surface area contributed by atoms with Crippen molar-refractivity contribution in [3.05, 3.63) is 59.4 Å². The summed E-state index contributed by atoms with van der Waals surface area (Å²) in [5.41, 5.74) is 3.04. The summed E-state index contributed by atoms with van der Waals surface area (Å²) in [6.07, 6.45) is 10.8. The lowest BCUT2D eigenvalue weighted by atomic mass is 10.1. The van der Waals surface area contributed by atoms with E-state index < -0.39 is 0 Å². The molecule has 1 aliphatic heterocycles. The van der Waals surface area contributed by atoms with Crippen LogP contribution < -0.4 is 10.2 Å². The van der Waals surface area contributed by atoms with E-state index >= 15 is 0 Å². The molecule has 0 spiro atoms. The molecule has 5 heteroatoms. The summed E-state index contributed by atoms with van der Waals surface area (Å²) in [4.78, 5) is 31.9. The third-order valence-electron chi connectivity index (χ3n) is 5.86. The van der Waals surface area contributed by atoms with Gasteiger partial charge in [-0.1, -0.05) is 43.9 Å². The molecule has 28 heavy (non-hydrogen) atoms. The number of benzene rings is 1. The highest BCUT2D eigenvalue weighted by Crippen LogP contribution is 2.33. The number of anilines is 1. The standard InChI is InChI=1S/C23H27N3O2/c1-16-12-17-8-6-7-11-21(17)26(16)23(28)19-13-18(14-24-15-19)22(27)25-20-9-4-2-3-5-10-20/h6-8,11,13-16,20H,2-5,9-10,12H2,1H3,(H,25,27). The van der Waals surface area contributed by atoms with Crippen molar-refractivity contribution in [2.24, 2.45) is 0 Å². The molecule has 1 aromatic heterocycles. The van der Waals surface area contributed by atoms with Gasteiger partial charge in [0.15, 0.2) is 0 Å². The predicted molar refractivity (Wildman–Crippen MR) is 110 cm³/mol. The lowest BCUT2D eigenvalue weighted by molar-refractivity contribution is 0.0933. The molecule has 2 aliphatic rings. The summed E-state index contributed by atoms with van der Waals surface area (Å²) in [7, 11) is 0. The van der Waals surface area contributed by atoms with Gasteiger partial charge >= 0.3 is 0 Å². The summed E-state index contributed by atoms with van der Waals surface area (Å²) in [5.74, 6) is -0.238. The fourth-order valence-electron chi connectivity index (χ4n) is 4.39. The highest BCUT2D eigenvalue weighted by molar-refractivity contribution is 6.08. The molecule has 2 aromatic rings. The molecule has 0 bridgehead atoms. The van der Waals surface area contributed by atoms with Crippen LogP contribution in [0.1, 0.15) is 71.7 Å². The van der Waals surface area contributed by atoms with E-state index in [9.17, 15) is 9.59 Å². The monoisotopic (exact) mass is 377 g/mol. The third kappa shape index (κ3) is 3.79. The number of para-hydroxylation sites is 1. The van der Waals surface area contributed by atoms with Gasteiger partial charge in [-0.05, 0) is 43.9 Å². The van der Waals surface area contributed by atoms with Crippen molar-refractivity contribution >= 4 is 17.5 Å². The van der Waals surface area contributed by atoms with E-state index in [-0.39, 0.29) is 23.9 Å². The Morgan fingerprint density at radius 2 is 1.75 bits per heavy atom. The number of nitrogens with one attached hydrogen (secondary N) is 1. The Labute approximate surface area is 166 Å². The number of hydrogen-bond acceptors (Lipinski definition) is 3. The Kier molecular flexibility index (Phi) is 5.42. The maximum absolute atomic E-state index is 13.2. The number of amides is 2. The molecule has 2 heterocycles. The van der Waals surface area contributed by atoms with Crippen LogP contribution in [0.2, 0.25) is 0 Å². The molecule has 2 amide bonds. The number of carbonyl (C=O) groups is 2. The summed E-state index contributed by atoms with van der Waals surface area (Å²) >= 11 is 0. The Balaban J connectivity index is 1.52. The second kappa shape index (κ2) is 8.13. The van der Waals surface area contributed by atoms with Crippen molar-refractivity contribution in [2.45, 2.75) is 64.0 Å². The van der Waals surface area contributed by atoms with Gasteiger partial charge in [0.05, 0.1) is 11.1 Å². The molecule has 1 N–H and O–H groups in total. The first-order chi connectivity index (χ1) is 13.6. The average Bonchev–Trinajstić information content (AvgIpc) is 2.86. The largest absolute Gasteiger partial charge is 0.349 e. The third-order valence-corrected chi connectivity index (χ3v) is 5.86. The number of aromatic nitrogens is 1. The summed E-state index contributed by atoms with van der Waals surface area (Å²) in [5, 5.41) is 3.13. The maximum atomic E-state index is 13.2. The fourth-order valence-corrected chi connectivity index (χ4v) is 4.39. The summed E-state index contributed by atoms with van der Waals surface area (Å²) in [6.45, 7) is 2.05. The van der Waals surface area contributed by atoms with Gasteiger partial charge in [0, 0.05) is 30.2 Å². The first-order valence-electron chi connectivity index (χ1n) is 10.3. The van der Waals surface area contributed by atoms with Crippen molar-refractivity contribution in [2.75, 3.05) is 4.90 Å². The normalized spacial score (nSPS) is 19.8. The highest BCUT2D eigenvalue weighted by atomic mass is 16.2. The van der Waals surface area contributed by atoms with Gasteiger partial charge in [-0.3, -0.25) is 14.6 Å². The fraction of sp³-hybridized carbons (Fsp3) is 0.435. The first-order valence-corrected chi connectivity index (χ1v) is 10.3. The first kappa shape index (κ1) is 18.7. The van der Waals surface area contributed by atoms with Crippen LogP contribution in [0.4, 0.5) is 5.69 Å². The second-order valence-corrected chi connectivity index (χ2v) is 7.98. The van der Waals surface area contributed by atoms with Crippen molar-refractivity contribution in [3.8, 4) is 0 Å². The minimum Gasteiger partial charge on any atom is -0.349 e. The van der Waals surface area contributed by atoms with Crippen molar-refractivity contribution in [3.63, 3.8) is 0 Å². The Hall–Kier alpha value is -2.69. The molecule has 1 unspecified atom stereocenters. The zero-order chi connectivity index (χ0) is 19.5. The SMILES string of the molecule is CC1Cc2ccccc2N1C(=O)c1cncc(C(=O)NC2CCCCCC2)c1. The molecular weight excluding hydrogens is 350 g/mol. The lowest BCUT2D eigenvalue weighted by Crippen LogP contribution is -2.36. The summed E-state index contributed by atoms with van der Waals surface area (Å²) < 4.78 is 0. The number of nitrogens with zero attached hydrogens (tertiary/aromatic N) is 2. The number of fused-ring (bicyclic) bond motifs is 1. The van der Waals surface area contributed by atoms with Crippen molar-refractivity contribution in [1.29, 1.82) is 0 Å². The van der Waals surface area contributed by atoms with E-state index in [0.717, 1.165) is 37.8 Å². The molecule has 1 aromatic carbocycles. The van der Waals surface area contributed by atoms with Crippen LogP contribution in [0, 0.1) is 0 Å². The molecule has 4 rings (SSSR count). The number of carbonyl (C=O) groups excluding carboxylic acids is 2. The molecule has 0 radical (unpaired) electrons. The van der Waals surface area contributed by atoms with Gasteiger partial charge in [-0.15, -0.1) is 0 Å². The average molecular weight is 377 g/mol. The number of hydrogen-bond donors (Lipinski definition) is 1. The minimum absolute atomic E-state index is 0.0911.